The van der Waals surface area contributed by atoms with E-state index in [0.29, 0.717) is 17.9 Å². The van der Waals surface area contributed by atoms with Crippen molar-refractivity contribution in [1.29, 1.82) is 0 Å². The van der Waals surface area contributed by atoms with Gasteiger partial charge in [0.15, 0.2) is 0 Å². The van der Waals surface area contributed by atoms with Crippen LogP contribution >= 0.6 is 0 Å². The van der Waals surface area contributed by atoms with E-state index in [2.05, 4.69) is 20.5 Å². The number of hydrogen-bond donors (Lipinski definition) is 3. The van der Waals surface area contributed by atoms with Gasteiger partial charge in [-0.25, -0.2) is 0 Å². The Labute approximate surface area is 134 Å². The molecule has 0 aliphatic rings. The van der Waals surface area contributed by atoms with Crippen LogP contribution in [0.1, 0.15) is 35.7 Å². The molecule has 2 heterocycles. The molecule has 6 nitrogen and oxygen atoms in total. The summed E-state index contributed by atoms with van der Waals surface area (Å²) in [4.78, 5) is 16.7. The van der Waals surface area contributed by atoms with Crippen molar-refractivity contribution in [2.24, 2.45) is 5.73 Å². The quantitative estimate of drug-likeness (QED) is 0.687. The summed E-state index contributed by atoms with van der Waals surface area (Å²) in [6, 6.07) is 13.4. The number of aromatic nitrogens is 3. The zero-order valence-electron chi connectivity index (χ0n) is 13.1. The fourth-order valence-corrected chi connectivity index (χ4v) is 2.24. The highest BCUT2D eigenvalue weighted by Gasteiger charge is 2.19. The van der Waals surface area contributed by atoms with Crippen LogP contribution in [0.3, 0.4) is 0 Å². The maximum absolute atomic E-state index is 12.2. The van der Waals surface area contributed by atoms with Gasteiger partial charge < -0.3 is 11.1 Å². The molecule has 1 amide bonds. The Balaban J connectivity index is 1.69. The second-order valence-electron chi connectivity index (χ2n) is 6.07. The van der Waals surface area contributed by atoms with Crippen molar-refractivity contribution in [3.8, 4) is 0 Å². The van der Waals surface area contributed by atoms with Gasteiger partial charge in [0.05, 0.1) is 29.0 Å². The first kappa shape index (κ1) is 15.2. The van der Waals surface area contributed by atoms with E-state index in [9.17, 15) is 4.79 Å². The van der Waals surface area contributed by atoms with E-state index in [1.807, 2.05) is 50.2 Å². The summed E-state index contributed by atoms with van der Waals surface area (Å²) >= 11 is 0. The summed E-state index contributed by atoms with van der Waals surface area (Å²) in [7, 11) is 0. The molecule has 0 spiro atoms. The minimum absolute atomic E-state index is 0.258. The third kappa shape index (κ3) is 3.37. The van der Waals surface area contributed by atoms with Gasteiger partial charge >= 0.3 is 0 Å². The number of aromatic amines is 1. The number of para-hydroxylation sites is 1. The Kier molecular flexibility index (Phi) is 3.83. The summed E-state index contributed by atoms with van der Waals surface area (Å²) in [6.45, 7) is 4.04. The molecule has 4 N–H and O–H groups in total. The number of carbonyl (C=O) groups is 1. The Morgan fingerprint density at radius 2 is 2.04 bits per heavy atom. The van der Waals surface area contributed by atoms with E-state index in [1.54, 1.807) is 6.07 Å². The summed E-state index contributed by atoms with van der Waals surface area (Å²) in [6.07, 6.45) is 0. The highest BCUT2D eigenvalue weighted by atomic mass is 16.1. The summed E-state index contributed by atoms with van der Waals surface area (Å²) in [5.41, 5.74) is 8.15. The molecule has 0 unspecified atom stereocenters. The standard InChI is InChI=1S/C17H19N5O/c1-17(2,18)15-9-14(21-22-15)16(23)19-10-12-8-7-11-5-3-4-6-13(11)20-12/h3-9H,10,18H2,1-2H3,(H,19,23)(H,21,22). The summed E-state index contributed by atoms with van der Waals surface area (Å²) < 4.78 is 0. The van der Waals surface area contributed by atoms with E-state index < -0.39 is 5.54 Å². The highest BCUT2D eigenvalue weighted by molar-refractivity contribution is 5.92. The smallest absolute Gasteiger partial charge is 0.272 e. The van der Waals surface area contributed by atoms with Crippen LogP contribution in [0.2, 0.25) is 0 Å². The Morgan fingerprint density at radius 1 is 1.26 bits per heavy atom. The predicted octanol–water partition coefficient (Wildman–Crippen LogP) is 2.08. The number of pyridine rings is 1. The van der Waals surface area contributed by atoms with Gasteiger partial charge in [-0.15, -0.1) is 0 Å². The van der Waals surface area contributed by atoms with Crippen molar-refractivity contribution in [2.45, 2.75) is 25.9 Å². The van der Waals surface area contributed by atoms with E-state index in [4.69, 9.17) is 5.73 Å². The molecule has 3 rings (SSSR count). The summed E-state index contributed by atoms with van der Waals surface area (Å²) in [5, 5.41) is 10.7. The molecule has 23 heavy (non-hydrogen) atoms. The maximum atomic E-state index is 12.2. The number of benzene rings is 1. The molecule has 0 bridgehead atoms. The third-order valence-electron chi connectivity index (χ3n) is 3.59. The van der Waals surface area contributed by atoms with Gasteiger partial charge in [0.25, 0.3) is 5.91 Å². The number of amides is 1. The number of rotatable bonds is 4. The van der Waals surface area contributed by atoms with E-state index >= 15 is 0 Å². The number of H-pyrrole nitrogens is 1. The molecule has 0 saturated carbocycles. The molecule has 6 heteroatoms. The number of nitrogens with two attached hydrogens (primary N) is 1. The van der Waals surface area contributed by atoms with Crippen LogP contribution in [-0.4, -0.2) is 21.1 Å². The van der Waals surface area contributed by atoms with Gasteiger partial charge in [-0.1, -0.05) is 24.3 Å². The van der Waals surface area contributed by atoms with Crippen LogP contribution in [0, 0.1) is 0 Å². The van der Waals surface area contributed by atoms with Crippen molar-refractivity contribution in [2.75, 3.05) is 0 Å². The lowest BCUT2D eigenvalue weighted by Crippen LogP contribution is -2.29. The lowest BCUT2D eigenvalue weighted by atomic mass is 10.0. The Morgan fingerprint density at radius 3 is 2.78 bits per heavy atom. The Hall–Kier alpha value is -2.73. The molecule has 2 aromatic heterocycles. The average Bonchev–Trinajstić information content (AvgIpc) is 3.02. The molecular formula is C17H19N5O. The van der Waals surface area contributed by atoms with Gasteiger partial charge in [0, 0.05) is 5.39 Å². The van der Waals surface area contributed by atoms with Crippen LogP contribution in [0.4, 0.5) is 0 Å². The average molecular weight is 309 g/mol. The fourth-order valence-electron chi connectivity index (χ4n) is 2.24. The van der Waals surface area contributed by atoms with Gasteiger partial charge in [-0.2, -0.15) is 5.10 Å². The molecule has 0 aliphatic carbocycles. The minimum atomic E-state index is -0.564. The number of nitrogens with one attached hydrogen (secondary N) is 2. The maximum Gasteiger partial charge on any atom is 0.272 e. The zero-order valence-corrected chi connectivity index (χ0v) is 13.1. The minimum Gasteiger partial charge on any atom is -0.345 e. The second kappa shape index (κ2) is 5.81. The molecule has 0 radical (unpaired) electrons. The molecule has 0 fully saturated rings. The lowest BCUT2D eigenvalue weighted by Gasteiger charge is -2.14. The number of hydrogen-bond acceptors (Lipinski definition) is 4. The van der Waals surface area contributed by atoms with Crippen LogP contribution in [-0.2, 0) is 12.1 Å². The predicted molar refractivity (Wildman–Crippen MR) is 88.7 cm³/mol. The molecule has 118 valence electrons. The topological polar surface area (TPSA) is 96.7 Å². The first-order valence-corrected chi connectivity index (χ1v) is 7.41. The monoisotopic (exact) mass is 309 g/mol. The molecule has 3 aromatic rings. The first-order chi connectivity index (χ1) is 10.9. The molecule has 0 atom stereocenters. The second-order valence-corrected chi connectivity index (χ2v) is 6.07. The van der Waals surface area contributed by atoms with Crippen LogP contribution in [0.5, 0.6) is 0 Å². The van der Waals surface area contributed by atoms with E-state index in [1.165, 1.54) is 0 Å². The molecule has 0 saturated heterocycles. The molecule has 1 aromatic carbocycles. The van der Waals surface area contributed by atoms with E-state index in [-0.39, 0.29) is 5.91 Å². The van der Waals surface area contributed by atoms with Crippen molar-refractivity contribution in [3.63, 3.8) is 0 Å². The number of fused-ring (bicyclic) bond motifs is 1. The fraction of sp³-hybridized carbons (Fsp3) is 0.235. The van der Waals surface area contributed by atoms with Crippen molar-refractivity contribution >= 4 is 16.8 Å². The zero-order chi connectivity index (χ0) is 16.4. The normalized spacial score (nSPS) is 11.6. The number of carbonyl (C=O) groups excluding carboxylic acids is 1. The number of nitrogens with zero attached hydrogens (tertiary/aromatic N) is 2. The molecule has 0 aliphatic heterocycles. The highest BCUT2D eigenvalue weighted by Crippen LogP contribution is 2.15. The van der Waals surface area contributed by atoms with Crippen molar-refractivity contribution in [1.82, 2.24) is 20.5 Å². The lowest BCUT2D eigenvalue weighted by molar-refractivity contribution is 0.0945. The van der Waals surface area contributed by atoms with Gasteiger partial charge in [-0.3, -0.25) is 14.9 Å². The molecular weight excluding hydrogens is 290 g/mol. The van der Waals surface area contributed by atoms with Gasteiger partial charge in [0.2, 0.25) is 0 Å². The Bertz CT molecular complexity index is 847. The third-order valence-corrected chi connectivity index (χ3v) is 3.59. The first-order valence-electron chi connectivity index (χ1n) is 7.41. The van der Waals surface area contributed by atoms with Gasteiger partial charge in [-0.05, 0) is 32.0 Å². The van der Waals surface area contributed by atoms with Crippen molar-refractivity contribution in [3.05, 3.63) is 59.5 Å². The van der Waals surface area contributed by atoms with Crippen molar-refractivity contribution < 1.29 is 4.79 Å². The van der Waals surface area contributed by atoms with E-state index in [0.717, 1.165) is 16.6 Å². The van der Waals surface area contributed by atoms with Crippen LogP contribution in [0.15, 0.2) is 42.5 Å². The van der Waals surface area contributed by atoms with Gasteiger partial charge in [0.1, 0.15) is 5.69 Å². The largest absolute Gasteiger partial charge is 0.345 e. The van der Waals surface area contributed by atoms with Crippen LogP contribution in [0.25, 0.3) is 10.9 Å². The van der Waals surface area contributed by atoms with Crippen LogP contribution < -0.4 is 11.1 Å². The summed E-state index contributed by atoms with van der Waals surface area (Å²) in [5.74, 6) is -0.258. The SMILES string of the molecule is CC(C)(N)c1cc(C(=O)NCc2ccc3ccccc3n2)n[nH]1.